The van der Waals surface area contributed by atoms with Gasteiger partial charge in [0.05, 0.1) is 0 Å². The Morgan fingerprint density at radius 2 is 0.847 bits per heavy atom. The molecule has 0 N–H and O–H groups in total. The Kier molecular flexibility index (Phi) is 20.1. The van der Waals surface area contributed by atoms with E-state index in [2.05, 4.69) is 184 Å². The van der Waals surface area contributed by atoms with Crippen molar-refractivity contribution in [3.63, 3.8) is 0 Å². The van der Waals surface area contributed by atoms with Gasteiger partial charge in [-0.1, -0.05) is 121 Å². The van der Waals surface area contributed by atoms with Crippen molar-refractivity contribution in [1.82, 2.24) is 0 Å². The molecule has 0 fully saturated rings. The van der Waals surface area contributed by atoms with Crippen LogP contribution in [0.4, 0.5) is 4.39 Å². The second kappa shape index (κ2) is 23.6. The zero-order valence-corrected chi connectivity index (χ0v) is 42.1. The minimum atomic E-state index is -0.140. The third kappa shape index (κ3) is 15.3. The summed E-state index contributed by atoms with van der Waals surface area (Å²) >= 11 is 12.9. The highest BCUT2D eigenvalue weighted by Gasteiger charge is 2.08. The van der Waals surface area contributed by atoms with Gasteiger partial charge in [-0.3, -0.25) is 0 Å². The van der Waals surface area contributed by atoms with Gasteiger partial charge >= 0.3 is 0 Å². The fourth-order valence-corrected chi connectivity index (χ4v) is 9.71. The molecule has 0 aliphatic carbocycles. The molecule has 0 aliphatic rings. The molecular formula is C54H67BrClFS2. The largest absolute Gasteiger partial charge is 0.207 e. The fourth-order valence-electron chi connectivity index (χ4n) is 7.32. The van der Waals surface area contributed by atoms with Crippen molar-refractivity contribution in [2.45, 2.75) is 133 Å². The third-order valence-corrected chi connectivity index (χ3v) is 13.0. The first-order valence-corrected chi connectivity index (χ1v) is 23.9. The molecule has 0 radical (unpaired) electrons. The molecule has 59 heavy (non-hydrogen) atoms. The van der Waals surface area contributed by atoms with Gasteiger partial charge in [-0.2, -0.15) is 0 Å². The van der Waals surface area contributed by atoms with E-state index in [1.807, 2.05) is 47.8 Å². The van der Waals surface area contributed by atoms with E-state index in [4.69, 9.17) is 11.6 Å². The molecule has 7 rings (SSSR count). The molecule has 0 saturated heterocycles. The van der Waals surface area contributed by atoms with Gasteiger partial charge in [-0.15, -0.1) is 22.7 Å². The molecule has 0 amide bonds. The highest BCUT2D eigenvalue weighted by Crippen LogP contribution is 2.30. The summed E-state index contributed by atoms with van der Waals surface area (Å²) in [6, 6.07) is 31.1. The number of rotatable bonds is 5. The predicted octanol–water partition coefficient (Wildman–Crippen LogP) is 19.6. The molecule has 0 unspecified atom stereocenters. The summed E-state index contributed by atoms with van der Waals surface area (Å²) in [7, 11) is 0. The molecular weight excluding hydrogens is 847 g/mol. The zero-order valence-electron chi connectivity index (χ0n) is 38.2. The molecule has 0 atom stereocenters. The smallest absolute Gasteiger partial charge is 0.123 e. The Bertz CT molecular complexity index is 2240. The van der Waals surface area contributed by atoms with Crippen molar-refractivity contribution in [1.29, 1.82) is 0 Å². The van der Waals surface area contributed by atoms with Crippen molar-refractivity contribution in [3.05, 3.63) is 173 Å². The van der Waals surface area contributed by atoms with Crippen LogP contribution in [-0.2, 0) is 0 Å². The van der Waals surface area contributed by atoms with Crippen LogP contribution in [0, 0.1) is 40.4 Å². The van der Waals surface area contributed by atoms with E-state index in [9.17, 15) is 4.39 Å². The summed E-state index contributed by atoms with van der Waals surface area (Å²) in [5.74, 6) is 2.75. The van der Waals surface area contributed by atoms with Crippen LogP contribution in [0.2, 0.25) is 5.02 Å². The van der Waals surface area contributed by atoms with Crippen LogP contribution in [0.3, 0.4) is 0 Å². The lowest BCUT2D eigenvalue weighted by Crippen LogP contribution is -1.92. The lowest BCUT2D eigenvalue weighted by Gasteiger charge is -2.09. The maximum absolute atomic E-state index is 12.7. The minimum absolute atomic E-state index is 0.140. The fraction of sp³-hybridized carbons (Fsp3) is 0.370. The first kappa shape index (κ1) is 50.1. The maximum Gasteiger partial charge on any atom is 0.123 e. The Morgan fingerprint density at radius 1 is 0.424 bits per heavy atom. The lowest BCUT2D eigenvalue weighted by molar-refractivity contribution is 0.622. The molecule has 7 aromatic rings. The summed E-state index contributed by atoms with van der Waals surface area (Å²) in [6.07, 6.45) is 0. The number of fused-ring (bicyclic) bond motifs is 2. The van der Waals surface area contributed by atoms with Gasteiger partial charge in [0.15, 0.2) is 0 Å². The summed E-state index contributed by atoms with van der Waals surface area (Å²) in [5, 5.41) is 7.92. The van der Waals surface area contributed by atoms with Gasteiger partial charge in [-0.25, -0.2) is 4.39 Å². The van der Waals surface area contributed by atoms with E-state index in [0.717, 1.165) is 10.6 Å². The van der Waals surface area contributed by atoms with Gasteiger partial charge in [0, 0.05) is 18.9 Å². The molecule has 316 valence electrons. The monoisotopic (exact) mass is 912 g/mol. The number of thiophene rings is 2. The Labute approximate surface area is 378 Å². The lowest BCUT2D eigenvalue weighted by atomic mass is 9.97. The van der Waals surface area contributed by atoms with E-state index in [0.29, 0.717) is 29.6 Å². The number of hydrogen-bond acceptors (Lipinski definition) is 2. The predicted molar refractivity (Wildman–Crippen MR) is 270 cm³/mol. The van der Waals surface area contributed by atoms with Crippen molar-refractivity contribution in [2.75, 3.05) is 0 Å². The number of benzene rings is 5. The highest BCUT2D eigenvalue weighted by molar-refractivity contribution is 9.10. The number of aryl methyl sites for hydroxylation is 5. The van der Waals surface area contributed by atoms with Crippen LogP contribution >= 0.6 is 50.2 Å². The van der Waals surface area contributed by atoms with E-state index in [-0.39, 0.29) is 5.82 Å². The number of hydrogen-bond donors (Lipinski definition) is 0. The van der Waals surface area contributed by atoms with Crippen LogP contribution in [0.1, 0.15) is 154 Å². The second-order valence-electron chi connectivity index (χ2n) is 17.1. The van der Waals surface area contributed by atoms with Gasteiger partial charge < -0.3 is 0 Å². The minimum Gasteiger partial charge on any atom is -0.207 e. The third-order valence-electron chi connectivity index (χ3n) is 10.5. The molecule has 5 aromatic carbocycles. The molecule has 0 saturated carbocycles. The van der Waals surface area contributed by atoms with E-state index >= 15 is 0 Å². The average molecular weight is 915 g/mol. The standard InChI is InChI=1S/2C12H14S.C10H13Br.C10H13Cl.C10H13F/c1-8(2)11-7-10-4-5-13-12(10)6-9(11)3;1-8(2)11-7-12-10(4-5-13-12)6-9(11)3;2*1-7(2)10-5-4-9(11)6-8(10)3;1-7(2)10-6-9(11)5-4-8(10)3/h2*4-8H,1-3H3;3*4-7H,1-3H3. The molecule has 0 aliphatic heterocycles. The molecule has 0 bridgehead atoms. The van der Waals surface area contributed by atoms with Gasteiger partial charge in [0.1, 0.15) is 5.82 Å². The van der Waals surface area contributed by atoms with E-state index in [1.54, 1.807) is 6.07 Å². The quantitative estimate of drug-likeness (QED) is 0.161. The molecule has 2 heterocycles. The van der Waals surface area contributed by atoms with Crippen LogP contribution in [0.15, 0.2) is 106 Å². The van der Waals surface area contributed by atoms with Crippen molar-refractivity contribution in [2.24, 2.45) is 0 Å². The molecule has 5 heteroatoms. The van der Waals surface area contributed by atoms with Crippen LogP contribution in [-0.4, -0.2) is 0 Å². The van der Waals surface area contributed by atoms with Crippen LogP contribution in [0.5, 0.6) is 0 Å². The van der Waals surface area contributed by atoms with Crippen LogP contribution < -0.4 is 0 Å². The Morgan fingerprint density at radius 3 is 1.34 bits per heavy atom. The average Bonchev–Trinajstić information content (AvgIpc) is 3.81. The van der Waals surface area contributed by atoms with Gasteiger partial charge in [0.2, 0.25) is 0 Å². The summed E-state index contributed by atoms with van der Waals surface area (Å²) in [4.78, 5) is 0. The zero-order chi connectivity index (χ0) is 44.1. The van der Waals surface area contributed by atoms with Gasteiger partial charge in [-0.05, 0) is 208 Å². The van der Waals surface area contributed by atoms with E-state index < -0.39 is 0 Å². The SMILES string of the molecule is Cc1cc(Br)ccc1C(C)C.Cc1cc(Cl)ccc1C(C)C.Cc1cc2ccsc2cc1C(C)C.Cc1cc2sccc2cc1C(C)C.Cc1ccc(F)cc1C(C)C. The van der Waals surface area contributed by atoms with Crippen LogP contribution in [0.25, 0.3) is 20.2 Å². The summed E-state index contributed by atoms with van der Waals surface area (Å²) in [6.45, 7) is 32.6. The summed E-state index contributed by atoms with van der Waals surface area (Å²) < 4.78 is 16.7. The molecule has 0 nitrogen and oxygen atoms in total. The van der Waals surface area contributed by atoms with Crippen molar-refractivity contribution < 1.29 is 4.39 Å². The van der Waals surface area contributed by atoms with E-state index in [1.165, 1.54) is 80.8 Å². The van der Waals surface area contributed by atoms with Crippen molar-refractivity contribution in [3.8, 4) is 0 Å². The first-order valence-electron chi connectivity index (χ1n) is 20.9. The first-order chi connectivity index (χ1) is 27.7. The van der Waals surface area contributed by atoms with Gasteiger partial charge in [0.25, 0.3) is 0 Å². The molecule has 0 spiro atoms. The highest BCUT2D eigenvalue weighted by atomic mass is 79.9. The van der Waals surface area contributed by atoms with Crippen molar-refractivity contribution >= 4 is 70.4 Å². The topological polar surface area (TPSA) is 0 Å². The normalized spacial score (nSPS) is 11.0. The Balaban J connectivity index is 0.000000198. The summed E-state index contributed by atoms with van der Waals surface area (Å²) in [5.41, 5.74) is 13.5. The number of halogens is 3. The maximum atomic E-state index is 12.7. The molecule has 2 aromatic heterocycles. The Hall–Kier alpha value is -3.28. The second-order valence-corrected chi connectivity index (χ2v) is 20.4.